The predicted molar refractivity (Wildman–Crippen MR) is 112 cm³/mol. The second-order valence-corrected chi connectivity index (χ2v) is 6.47. The number of hydrogen-bond acceptors (Lipinski definition) is 4. The Morgan fingerprint density at radius 3 is 2.07 bits per heavy atom. The smallest absolute Gasteiger partial charge is 0.270 e. The maximum Gasteiger partial charge on any atom is 0.270 e. The van der Waals surface area contributed by atoms with Gasteiger partial charge in [-0.25, -0.2) is 0 Å². The van der Waals surface area contributed by atoms with Crippen LogP contribution in [0.5, 0.6) is 0 Å². The SMILES string of the molecule is CCNc1ccc(-c2ccc(NC(=O)c3cc([N+](=O)[O-])ccc3Cl)cc2)cc1. The lowest BCUT2D eigenvalue weighted by atomic mass is 10.0. The number of benzene rings is 3. The summed E-state index contributed by atoms with van der Waals surface area (Å²) in [7, 11) is 0. The molecule has 28 heavy (non-hydrogen) atoms. The lowest BCUT2D eigenvalue weighted by Gasteiger charge is -2.09. The normalized spacial score (nSPS) is 10.4. The van der Waals surface area contributed by atoms with Gasteiger partial charge in [0.2, 0.25) is 0 Å². The second-order valence-electron chi connectivity index (χ2n) is 6.06. The fourth-order valence-electron chi connectivity index (χ4n) is 2.73. The van der Waals surface area contributed by atoms with Gasteiger partial charge < -0.3 is 10.6 Å². The van der Waals surface area contributed by atoms with Gasteiger partial charge in [0.05, 0.1) is 15.5 Å². The molecule has 3 rings (SSSR count). The zero-order valence-electron chi connectivity index (χ0n) is 15.1. The van der Waals surface area contributed by atoms with Crippen LogP contribution < -0.4 is 10.6 Å². The first-order chi connectivity index (χ1) is 13.5. The van der Waals surface area contributed by atoms with E-state index < -0.39 is 10.8 Å². The van der Waals surface area contributed by atoms with Gasteiger partial charge >= 0.3 is 0 Å². The van der Waals surface area contributed by atoms with Crippen LogP contribution in [0.2, 0.25) is 5.02 Å². The van der Waals surface area contributed by atoms with Crippen molar-refractivity contribution < 1.29 is 9.72 Å². The molecule has 0 spiro atoms. The van der Waals surface area contributed by atoms with Gasteiger partial charge in [0, 0.05) is 30.1 Å². The van der Waals surface area contributed by atoms with Crippen molar-refractivity contribution in [1.29, 1.82) is 0 Å². The molecule has 6 nitrogen and oxygen atoms in total. The van der Waals surface area contributed by atoms with Gasteiger partial charge in [-0.3, -0.25) is 14.9 Å². The van der Waals surface area contributed by atoms with E-state index in [1.807, 2.05) is 43.3 Å². The van der Waals surface area contributed by atoms with Gasteiger partial charge in [-0.15, -0.1) is 0 Å². The number of carbonyl (C=O) groups excluding carboxylic acids is 1. The molecule has 0 radical (unpaired) electrons. The van der Waals surface area contributed by atoms with Crippen LogP contribution in [0.3, 0.4) is 0 Å². The molecule has 0 aromatic heterocycles. The molecule has 0 bridgehead atoms. The summed E-state index contributed by atoms with van der Waals surface area (Å²) in [6, 6.07) is 19.2. The summed E-state index contributed by atoms with van der Waals surface area (Å²) < 4.78 is 0. The van der Waals surface area contributed by atoms with Gasteiger partial charge in [-0.1, -0.05) is 35.9 Å². The van der Waals surface area contributed by atoms with E-state index in [0.717, 1.165) is 29.4 Å². The summed E-state index contributed by atoms with van der Waals surface area (Å²) in [6.45, 7) is 2.91. The molecular formula is C21H18ClN3O3. The third-order valence-corrected chi connectivity index (χ3v) is 4.48. The van der Waals surface area contributed by atoms with E-state index in [2.05, 4.69) is 10.6 Å². The molecular weight excluding hydrogens is 378 g/mol. The topological polar surface area (TPSA) is 84.3 Å². The van der Waals surface area contributed by atoms with E-state index in [-0.39, 0.29) is 16.3 Å². The molecule has 0 unspecified atom stereocenters. The van der Waals surface area contributed by atoms with Crippen molar-refractivity contribution >= 4 is 34.6 Å². The molecule has 1 amide bonds. The Labute approximate surface area is 167 Å². The fourth-order valence-corrected chi connectivity index (χ4v) is 2.93. The van der Waals surface area contributed by atoms with Crippen LogP contribution in [0.25, 0.3) is 11.1 Å². The molecule has 3 aromatic carbocycles. The van der Waals surface area contributed by atoms with Gasteiger partial charge in [0.15, 0.2) is 0 Å². The van der Waals surface area contributed by atoms with Crippen molar-refractivity contribution in [2.24, 2.45) is 0 Å². The minimum atomic E-state index is -0.566. The van der Waals surface area contributed by atoms with Crippen LogP contribution in [0.4, 0.5) is 17.1 Å². The van der Waals surface area contributed by atoms with E-state index >= 15 is 0 Å². The average molecular weight is 396 g/mol. The van der Waals surface area contributed by atoms with Crippen LogP contribution >= 0.6 is 11.6 Å². The second kappa shape index (κ2) is 8.54. The van der Waals surface area contributed by atoms with Crippen molar-refractivity contribution in [2.45, 2.75) is 6.92 Å². The molecule has 0 aliphatic carbocycles. The number of nitrogens with zero attached hydrogens (tertiary/aromatic N) is 1. The van der Waals surface area contributed by atoms with Gasteiger partial charge in [0.25, 0.3) is 11.6 Å². The molecule has 0 fully saturated rings. The Bertz CT molecular complexity index is 1000. The number of anilines is 2. The number of hydrogen-bond donors (Lipinski definition) is 2. The first-order valence-corrected chi connectivity index (χ1v) is 9.05. The van der Waals surface area contributed by atoms with E-state index in [1.165, 1.54) is 12.1 Å². The largest absolute Gasteiger partial charge is 0.385 e. The van der Waals surface area contributed by atoms with E-state index in [9.17, 15) is 14.9 Å². The highest BCUT2D eigenvalue weighted by Gasteiger charge is 2.16. The molecule has 0 saturated heterocycles. The Morgan fingerprint density at radius 1 is 0.964 bits per heavy atom. The van der Waals surface area contributed by atoms with Crippen LogP contribution in [0, 0.1) is 10.1 Å². The minimum Gasteiger partial charge on any atom is -0.385 e. The number of nitro groups is 1. The lowest BCUT2D eigenvalue weighted by molar-refractivity contribution is -0.384. The van der Waals surface area contributed by atoms with Crippen molar-refractivity contribution in [1.82, 2.24) is 0 Å². The molecule has 7 heteroatoms. The summed E-state index contributed by atoms with van der Waals surface area (Å²) in [5.41, 5.74) is 3.56. The number of halogens is 1. The maximum absolute atomic E-state index is 12.4. The molecule has 142 valence electrons. The molecule has 0 heterocycles. The van der Waals surface area contributed by atoms with Crippen molar-refractivity contribution in [2.75, 3.05) is 17.2 Å². The number of nitro benzene ring substituents is 1. The molecule has 0 atom stereocenters. The van der Waals surface area contributed by atoms with Gasteiger partial charge in [-0.05, 0) is 48.4 Å². The predicted octanol–water partition coefficient (Wildman–Crippen LogP) is 5.60. The highest BCUT2D eigenvalue weighted by atomic mass is 35.5. The van der Waals surface area contributed by atoms with E-state index in [1.54, 1.807) is 12.1 Å². The number of carbonyl (C=O) groups is 1. The van der Waals surface area contributed by atoms with Crippen molar-refractivity contribution in [3.05, 3.63) is 87.4 Å². The summed E-state index contributed by atoms with van der Waals surface area (Å²) >= 11 is 6.01. The third-order valence-electron chi connectivity index (χ3n) is 4.15. The molecule has 3 aromatic rings. The van der Waals surface area contributed by atoms with Crippen LogP contribution in [0.1, 0.15) is 17.3 Å². The zero-order valence-corrected chi connectivity index (χ0v) is 15.9. The number of non-ortho nitro benzene ring substituents is 1. The maximum atomic E-state index is 12.4. The number of nitrogens with one attached hydrogen (secondary N) is 2. The Balaban J connectivity index is 1.74. The van der Waals surface area contributed by atoms with Gasteiger partial charge in [0.1, 0.15) is 0 Å². The Kier molecular flexibility index (Phi) is 5.91. The molecule has 2 N–H and O–H groups in total. The van der Waals surface area contributed by atoms with Crippen LogP contribution in [0.15, 0.2) is 66.7 Å². The van der Waals surface area contributed by atoms with E-state index in [4.69, 9.17) is 11.6 Å². The van der Waals surface area contributed by atoms with Crippen molar-refractivity contribution in [3.8, 4) is 11.1 Å². The average Bonchev–Trinajstić information content (AvgIpc) is 2.69. The Hall–Kier alpha value is -3.38. The number of rotatable bonds is 6. The minimum absolute atomic E-state index is 0.0546. The fraction of sp³-hybridized carbons (Fsp3) is 0.0952. The monoisotopic (exact) mass is 395 g/mol. The highest BCUT2D eigenvalue weighted by molar-refractivity contribution is 6.34. The summed E-state index contributed by atoms with van der Waals surface area (Å²) in [6.07, 6.45) is 0. The lowest BCUT2D eigenvalue weighted by Crippen LogP contribution is -2.12. The molecule has 0 aliphatic heterocycles. The van der Waals surface area contributed by atoms with Crippen molar-refractivity contribution in [3.63, 3.8) is 0 Å². The highest BCUT2D eigenvalue weighted by Crippen LogP contribution is 2.25. The summed E-state index contributed by atoms with van der Waals surface area (Å²) in [4.78, 5) is 22.8. The van der Waals surface area contributed by atoms with Gasteiger partial charge in [-0.2, -0.15) is 0 Å². The number of amides is 1. The van der Waals surface area contributed by atoms with Crippen LogP contribution in [-0.2, 0) is 0 Å². The van der Waals surface area contributed by atoms with Crippen LogP contribution in [-0.4, -0.2) is 17.4 Å². The quantitative estimate of drug-likeness (QED) is 0.420. The third kappa shape index (κ3) is 4.47. The zero-order chi connectivity index (χ0) is 20.1. The summed E-state index contributed by atoms with van der Waals surface area (Å²) in [5, 5.41) is 17.0. The molecule has 0 saturated carbocycles. The Morgan fingerprint density at radius 2 is 1.54 bits per heavy atom. The van der Waals surface area contributed by atoms with E-state index in [0.29, 0.717) is 5.69 Å². The first-order valence-electron chi connectivity index (χ1n) is 8.67. The standard InChI is InChI=1S/C21H18ClN3O3/c1-2-23-16-7-3-14(4-8-16)15-5-9-17(10-6-15)24-21(26)19-13-18(25(27)28)11-12-20(19)22/h3-13,23H,2H2,1H3,(H,24,26). The molecule has 0 aliphatic rings. The summed E-state index contributed by atoms with van der Waals surface area (Å²) in [5.74, 6) is -0.503. The first kappa shape index (κ1) is 19.4.